The summed E-state index contributed by atoms with van der Waals surface area (Å²) in [5, 5.41) is 0. The van der Waals surface area contributed by atoms with Gasteiger partial charge in [-0.1, -0.05) is 0 Å². The third-order valence-electron chi connectivity index (χ3n) is 6.95. The van der Waals surface area contributed by atoms with Crippen molar-refractivity contribution >= 4 is 17.5 Å². The number of rotatable bonds is 5. The van der Waals surface area contributed by atoms with E-state index in [4.69, 9.17) is 9.72 Å². The zero-order valence-corrected chi connectivity index (χ0v) is 19.6. The number of carbonyl (C=O) groups is 1. The maximum Gasteiger partial charge on any atom is 0.255 e. The Balaban J connectivity index is 1.18. The van der Waals surface area contributed by atoms with E-state index in [0.717, 1.165) is 56.5 Å². The van der Waals surface area contributed by atoms with Gasteiger partial charge in [0.1, 0.15) is 23.6 Å². The Hall–Kier alpha value is -2.90. The number of carbonyl (C=O) groups excluding carboxylic acids is 1. The summed E-state index contributed by atoms with van der Waals surface area (Å²) in [4.78, 5) is 33.3. The molecule has 3 aliphatic rings. The molecule has 176 valence electrons. The van der Waals surface area contributed by atoms with Gasteiger partial charge >= 0.3 is 0 Å². The molecule has 1 aliphatic carbocycles. The standard InChI is InChI=1S/C25H34N6O2/c1-19-27-22(29-11-5-2-6-12-29)17-23(28-19)30-13-15-31(16-14-30)25(32)20-9-10-24(26-18-20)33-21-7-3-4-8-21/h9-10,17-18,21H,2-8,11-16H2,1H3. The van der Waals surface area contributed by atoms with Crippen LogP contribution in [0.3, 0.4) is 0 Å². The lowest BCUT2D eigenvalue weighted by Gasteiger charge is -2.36. The van der Waals surface area contributed by atoms with Crippen LogP contribution in [-0.4, -0.2) is 71.1 Å². The molecule has 2 aromatic heterocycles. The Morgan fingerprint density at radius 1 is 0.879 bits per heavy atom. The van der Waals surface area contributed by atoms with Gasteiger partial charge in [0.05, 0.1) is 5.56 Å². The minimum absolute atomic E-state index is 0.0300. The summed E-state index contributed by atoms with van der Waals surface area (Å²) < 4.78 is 5.92. The van der Waals surface area contributed by atoms with Crippen LogP contribution < -0.4 is 14.5 Å². The lowest BCUT2D eigenvalue weighted by Crippen LogP contribution is -2.49. The van der Waals surface area contributed by atoms with Gasteiger partial charge in [-0.2, -0.15) is 0 Å². The largest absolute Gasteiger partial charge is 0.474 e. The van der Waals surface area contributed by atoms with Gasteiger partial charge in [0.15, 0.2) is 0 Å². The smallest absolute Gasteiger partial charge is 0.255 e. The van der Waals surface area contributed by atoms with E-state index in [0.29, 0.717) is 24.5 Å². The molecular weight excluding hydrogens is 416 g/mol. The predicted octanol–water partition coefficient (Wildman–Crippen LogP) is 3.45. The van der Waals surface area contributed by atoms with Crippen molar-refractivity contribution < 1.29 is 9.53 Å². The number of aryl methyl sites for hydroxylation is 1. The molecule has 8 nitrogen and oxygen atoms in total. The van der Waals surface area contributed by atoms with Gasteiger partial charge in [0.25, 0.3) is 5.91 Å². The van der Waals surface area contributed by atoms with Gasteiger partial charge in [-0.25, -0.2) is 15.0 Å². The second-order valence-electron chi connectivity index (χ2n) is 9.37. The van der Waals surface area contributed by atoms with Gasteiger partial charge in [-0.3, -0.25) is 4.79 Å². The van der Waals surface area contributed by atoms with Crippen LogP contribution in [0.25, 0.3) is 0 Å². The first-order chi connectivity index (χ1) is 16.2. The highest BCUT2D eigenvalue weighted by atomic mass is 16.5. The average molecular weight is 451 g/mol. The number of pyridine rings is 1. The van der Waals surface area contributed by atoms with Crippen molar-refractivity contribution in [2.45, 2.75) is 58.0 Å². The molecule has 0 spiro atoms. The van der Waals surface area contributed by atoms with E-state index in [1.165, 1.54) is 32.1 Å². The van der Waals surface area contributed by atoms with Gasteiger partial charge in [0, 0.05) is 57.6 Å². The number of amides is 1. The molecule has 8 heteroatoms. The van der Waals surface area contributed by atoms with Gasteiger partial charge < -0.3 is 19.4 Å². The molecule has 0 bridgehead atoms. The Morgan fingerprint density at radius 3 is 2.18 bits per heavy atom. The average Bonchev–Trinajstić information content (AvgIpc) is 3.37. The molecule has 0 atom stereocenters. The lowest BCUT2D eigenvalue weighted by atomic mass is 10.1. The number of aromatic nitrogens is 3. The van der Waals surface area contributed by atoms with E-state index < -0.39 is 0 Å². The van der Waals surface area contributed by atoms with E-state index in [9.17, 15) is 4.79 Å². The number of ether oxygens (including phenoxy) is 1. The van der Waals surface area contributed by atoms with Crippen molar-refractivity contribution in [2.75, 3.05) is 49.1 Å². The third kappa shape index (κ3) is 5.20. The van der Waals surface area contributed by atoms with Crippen LogP contribution in [0.4, 0.5) is 11.6 Å². The molecule has 5 rings (SSSR count). The van der Waals surface area contributed by atoms with E-state index >= 15 is 0 Å². The quantitative estimate of drug-likeness (QED) is 0.691. The van der Waals surface area contributed by atoms with Crippen molar-refractivity contribution in [1.82, 2.24) is 19.9 Å². The SMILES string of the molecule is Cc1nc(N2CCCCC2)cc(N2CCN(C(=O)c3ccc(OC4CCCC4)nc3)CC2)n1. The lowest BCUT2D eigenvalue weighted by molar-refractivity contribution is 0.0746. The summed E-state index contributed by atoms with van der Waals surface area (Å²) in [6, 6.07) is 5.78. The summed E-state index contributed by atoms with van der Waals surface area (Å²) in [6.07, 6.45) is 10.3. The number of anilines is 2. The fourth-order valence-corrected chi connectivity index (χ4v) is 5.06. The molecule has 1 saturated carbocycles. The molecule has 2 saturated heterocycles. The Kier molecular flexibility index (Phi) is 6.60. The summed E-state index contributed by atoms with van der Waals surface area (Å²) >= 11 is 0. The molecule has 0 unspecified atom stereocenters. The molecule has 33 heavy (non-hydrogen) atoms. The number of hydrogen-bond acceptors (Lipinski definition) is 7. The van der Waals surface area contributed by atoms with Crippen LogP contribution in [0.1, 0.15) is 61.1 Å². The first kappa shape index (κ1) is 21.9. The molecule has 3 fully saturated rings. The zero-order valence-electron chi connectivity index (χ0n) is 19.6. The highest BCUT2D eigenvalue weighted by Gasteiger charge is 2.25. The van der Waals surface area contributed by atoms with E-state index in [1.54, 1.807) is 6.20 Å². The zero-order chi connectivity index (χ0) is 22.6. The van der Waals surface area contributed by atoms with Crippen LogP contribution in [0, 0.1) is 6.92 Å². The topological polar surface area (TPSA) is 74.7 Å². The van der Waals surface area contributed by atoms with Crippen LogP contribution in [0.2, 0.25) is 0 Å². The molecule has 0 radical (unpaired) electrons. The van der Waals surface area contributed by atoms with Gasteiger partial charge in [0.2, 0.25) is 5.88 Å². The highest BCUT2D eigenvalue weighted by molar-refractivity contribution is 5.94. The minimum Gasteiger partial charge on any atom is -0.474 e. The van der Waals surface area contributed by atoms with E-state index in [1.807, 2.05) is 24.0 Å². The molecule has 0 aromatic carbocycles. The molecule has 2 aliphatic heterocycles. The van der Waals surface area contributed by atoms with Crippen molar-refractivity contribution in [2.24, 2.45) is 0 Å². The van der Waals surface area contributed by atoms with Crippen LogP contribution >= 0.6 is 0 Å². The molecule has 0 N–H and O–H groups in total. The second kappa shape index (κ2) is 9.93. The van der Waals surface area contributed by atoms with Crippen LogP contribution in [0.5, 0.6) is 5.88 Å². The highest BCUT2D eigenvalue weighted by Crippen LogP contribution is 2.25. The van der Waals surface area contributed by atoms with Crippen molar-refractivity contribution in [3.63, 3.8) is 0 Å². The van der Waals surface area contributed by atoms with Crippen molar-refractivity contribution in [3.8, 4) is 5.88 Å². The predicted molar refractivity (Wildman–Crippen MR) is 128 cm³/mol. The van der Waals surface area contributed by atoms with Gasteiger partial charge in [-0.15, -0.1) is 0 Å². The number of piperazine rings is 1. The van der Waals surface area contributed by atoms with Gasteiger partial charge in [-0.05, 0) is 57.9 Å². The maximum absolute atomic E-state index is 13.0. The Labute approximate surface area is 196 Å². The van der Waals surface area contributed by atoms with Crippen molar-refractivity contribution in [1.29, 1.82) is 0 Å². The fraction of sp³-hybridized carbons (Fsp3) is 0.600. The number of nitrogens with zero attached hydrogens (tertiary/aromatic N) is 6. The van der Waals surface area contributed by atoms with Crippen LogP contribution in [-0.2, 0) is 0 Å². The summed E-state index contributed by atoms with van der Waals surface area (Å²) in [5.41, 5.74) is 0.618. The first-order valence-corrected chi connectivity index (χ1v) is 12.4. The first-order valence-electron chi connectivity index (χ1n) is 12.4. The molecule has 4 heterocycles. The Morgan fingerprint density at radius 2 is 1.55 bits per heavy atom. The molecular formula is C25H34N6O2. The summed E-state index contributed by atoms with van der Waals surface area (Å²) in [5.74, 6) is 3.44. The minimum atomic E-state index is 0.0300. The van der Waals surface area contributed by atoms with Crippen molar-refractivity contribution in [3.05, 3.63) is 35.8 Å². The second-order valence-corrected chi connectivity index (χ2v) is 9.37. The van der Waals surface area contributed by atoms with E-state index in [-0.39, 0.29) is 12.0 Å². The third-order valence-corrected chi connectivity index (χ3v) is 6.95. The summed E-state index contributed by atoms with van der Waals surface area (Å²) in [7, 11) is 0. The van der Waals surface area contributed by atoms with E-state index in [2.05, 4.69) is 25.8 Å². The van der Waals surface area contributed by atoms with Crippen LogP contribution in [0.15, 0.2) is 24.4 Å². The Bertz CT molecular complexity index is 946. The summed E-state index contributed by atoms with van der Waals surface area (Å²) in [6.45, 7) is 6.95. The monoisotopic (exact) mass is 450 g/mol. The maximum atomic E-state index is 13.0. The normalized spacial score (nSPS) is 19.7. The number of piperidine rings is 1. The number of hydrogen-bond donors (Lipinski definition) is 0. The molecule has 2 aromatic rings. The fourth-order valence-electron chi connectivity index (χ4n) is 5.06. The molecule has 1 amide bonds.